The summed E-state index contributed by atoms with van der Waals surface area (Å²) in [6, 6.07) is -0.288. The molecule has 0 spiro atoms. The average Bonchev–Trinajstić information content (AvgIpc) is 2.69. The minimum Gasteiger partial charge on any atom is -0.444 e. The molecule has 1 aromatic carbocycles. The first-order valence-electron chi connectivity index (χ1n) is 12.2. The highest BCUT2D eigenvalue weighted by atomic mass is 79.9. The molecule has 0 radical (unpaired) electrons. The van der Waals surface area contributed by atoms with E-state index in [4.69, 9.17) is 4.74 Å². The van der Waals surface area contributed by atoms with Crippen LogP contribution in [0, 0.1) is 31.2 Å². The number of nitrogens with one attached hydrogen (secondary N) is 1. The zero-order valence-electron chi connectivity index (χ0n) is 22.6. The molecule has 34 heavy (non-hydrogen) atoms. The molecule has 3 nitrogen and oxygen atoms in total. The largest absolute Gasteiger partial charge is 0.444 e. The van der Waals surface area contributed by atoms with E-state index in [1.165, 1.54) is 0 Å². The lowest BCUT2D eigenvalue weighted by atomic mass is 9.81. The predicted molar refractivity (Wildman–Crippen MR) is 155 cm³/mol. The Labute approximate surface area is 225 Å². The molecule has 1 aliphatic rings. The maximum absolute atomic E-state index is 12.9. The molecular weight excluding hydrogens is 570 g/mol. The summed E-state index contributed by atoms with van der Waals surface area (Å²) in [6.07, 6.45) is 3.91. The topological polar surface area (TPSA) is 38.3 Å². The molecule has 1 N–H and O–H groups in total. The Morgan fingerprint density at radius 3 is 1.97 bits per heavy atom. The number of carbonyl (C=O) groups is 1. The van der Waals surface area contributed by atoms with E-state index in [0.29, 0.717) is 16.6 Å². The second-order valence-electron chi connectivity index (χ2n) is 11.4. The summed E-state index contributed by atoms with van der Waals surface area (Å²) >= 11 is 7.48. The fourth-order valence-electron chi connectivity index (χ4n) is 5.45. The van der Waals surface area contributed by atoms with Crippen LogP contribution in [0.4, 0.5) is 4.79 Å². The Morgan fingerprint density at radius 1 is 1.00 bits per heavy atom. The first kappa shape index (κ1) is 29.2. The smallest absolute Gasteiger partial charge is 0.408 e. The first-order chi connectivity index (χ1) is 15.5. The van der Waals surface area contributed by atoms with E-state index in [-0.39, 0.29) is 12.0 Å². The number of amides is 1. The van der Waals surface area contributed by atoms with Crippen LogP contribution in [0.1, 0.15) is 90.6 Å². The minimum absolute atomic E-state index is 0.130. The van der Waals surface area contributed by atoms with Crippen LogP contribution in [-0.2, 0) is 4.74 Å². The van der Waals surface area contributed by atoms with E-state index in [9.17, 15) is 4.79 Å². The Balaban J connectivity index is 2.69. The highest BCUT2D eigenvalue weighted by molar-refractivity contribution is 9.13. The Bertz CT molecular complexity index is 1000. The van der Waals surface area contributed by atoms with Crippen molar-refractivity contribution in [2.24, 2.45) is 5.92 Å². The number of hydrogen-bond donors (Lipinski definition) is 1. The van der Waals surface area contributed by atoms with Crippen LogP contribution in [0.3, 0.4) is 0 Å². The molecule has 0 saturated carbocycles. The summed E-state index contributed by atoms with van der Waals surface area (Å²) in [5.41, 5.74) is 9.42. The fraction of sp³-hybridized carbons (Fsp3) is 0.607. The van der Waals surface area contributed by atoms with Crippen molar-refractivity contribution >= 4 is 52.1 Å². The Kier molecular flexibility index (Phi) is 9.38. The van der Waals surface area contributed by atoms with Gasteiger partial charge in [0.05, 0.1) is 12.0 Å². The van der Waals surface area contributed by atoms with Gasteiger partial charge >= 0.3 is 6.09 Å². The van der Waals surface area contributed by atoms with Crippen molar-refractivity contribution in [2.75, 3.05) is 0 Å². The van der Waals surface area contributed by atoms with Crippen molar-refractivity contribution in [3.05, 3.63) is 37.3 Å². The standard InChI is InChI=1S/C28H41Br2NO2Si/c1-16(2)34(17(3)4,18(5)6)15-14-21-12-13-22-19(7)24(29)25(30)20(8)23(22)26(21)31-27(32)33-28(9,10)11/h12-13,16-18,21,26H,1-11H3,(H,31,32)/t21-,26+/m0/s1. The molecule has 0 saturated heterocycles. The molecule has 0 fully saturated rings. The lowest BCUT2D eigenvalue weighted by Crippen LogP contribution is -2.44. The van der Waals surface area contributed by atoms with Gasteiger partial charge in [0.2, 0.25) is 0 Å². The SMILES string of the molecule is Cc1c(Br)c(Br)c(C)c2c1C=C[C@@H](C#C[Si](C(C)C)(C(C)C)C(C)C)[C@H]2NC(=O)OC(C)(C)C. The monoisotopic (exact) mass is 609 g/mol. The third kappa shape index (κ3) is 5.85. The van der Waals surface area contributed by atoms with Gasteiger partial charge in [-0.2, -0.15) is 0 Å². The van der Waals surface area contributed by atoms with Gasteiger partial charge in [0.25, 0.3) is 0 Å². The quantitative estimate of drug-likeness (QED) is 0.272. The lowest BCUT2D eigenvalue weighted by Gasteiger charge is -2.38. The van der Waals surface area contributed by atoms with E-state index in [1.807, 2.05) is 20.8 Å². The van der Waals surface area contributed by atoms with E-state index in [0.717, 1.165) is 31.2 Å². The normalized spacial score (nSPS) is 18.1. The molecule has 188 valence electrons. The molecule has 1 aromatic rings. The minimum atomic E-state index is -1.91. The number of alkyl carbamates (subject to hydrolysis) is 1. The maximum Gasteiger partial charge on any atom is 0.408 e. The second-order valence-corrected chi connectivity index (χ2v) is 18.5. The van der Waals surface area contributed by atoms with Crippen LogP contribution in [0.25, 0.3) is 6.08 Å². The third-order valence-corrected chi connectivity index (χ3v) is 15.9. The maximum atomic E-state index is 12.9. The highest BCUT2D eigenvalue weighted by Crippen LogP contribution is 2.44. The first-order valence-corrected chi connectivity index (χ1v) is 16.0. The summed E-state index contributed by atoms with van der Waals surface area (Å²) in [7, 11) is -1.91. The van der Waals surface area contributed by atoms with Crippen molar-refractivity contribution < 1.29 is 9.53 Å². The van der Waals surface area contributed by atoms with Gasteiger partial charge < -0.3 is 10.1 Å². The van der Waals surface area contributed by atoms with Crippen LogP contribution in [0.15, 0.2) is 15.0 Å². The molecular formula is C28H41Br2NO2Si. The molecule has 0 bridgehead atoms. The van der Waals surface area contributed by atoms with Crippen LogP contribution in [0.2, 0.25) is 16.6 Å². The molecule has 1 amide bonds. The lowest BCUT2D eigenvalue weighted by molar-refractivity contribution is 0.0497. The summed E-state index contributed by atoms with van der Waals surface area (Å²) < 4.78 is 7.71. The summed E-state index contributed by atoms with van der Waals surface area (Å²) in [5, 5.41) is 3.18. The van der Waals surface area contributed by atoms with Gasteiger partial charge in [0.15, 0.2) is 0 Å². The van der Waals surface area contributed by atoms with E-state index in [2.05, 4.69) is 116 Å². The second kappa shape index (κ2) is 10.9. The molecule has 0 aliphatic heterocycles. The molecule has 0 heterocycles. The van der Waals surface area contributed by atoms with E-state index >= 15 is 0 Å². The number of halogens is 2. The Morgan fingerprint density at radius 2 is 1.50 bits per heavy atom. The average molecular weight is 612 g/mol. The third-order valence-electron chi connectivity index (χ3n) is 7.08. The van der Waals surface area contributed by atoms with E-state index < -0.39 is 19.8 Å². The summed E-state index contributed by atoms with van der Waals surface area (Å²) in [5.74, 6) is 3.54. The van der Waals surface area contributed by atoms with Gasteiger partial charge in [-0.3, -0.25) is 0 Å². The molecule has 2 atom stereocenters. The molecule has 0 aromatic heterocycles. The number of hydrogen-bond acceptors (Lipinski definition) is 2. The number of ether oxygens (including phenoxy) is 1. The van der Waals surface area contributed by atoms with Gasteiger partial charge in [-0.15, -0.1) is 11.5 Å². The van der Waals surface area contributed by atoms with Gasteiger partial charge in [-0.25, -0.2) is 4.79 Å². The Hall–Kier alpha value is -1.03. The van der Waals surface area contributed by atoms with Gasteiger partial charge in [-0.05, 0) is 105 Å². The zero-order valence-corrected chi connectivity index (χ0v) is 26.8. The van der Waals surface area contributed by atoms with Crippen molar-refractivity contribution in [1.29, 1.82) is 0 Å². The summed E-state index contributed by atoms with van der Waals surface area (Å²) in [6.45, 7) is 23.8. The van der Waals surface area contributed by atoms with Crippen LogP contribution >= 0.6 is 31.9 Å². The summed E-state index contributed by atoms with van der Waals surface area (Å²) in [4.78, 5) is 12.9. The van der Waals surface area contributed by atoms with Crippen molar-refractivity contribution in [1.82, 2.24) is 5.32 Å². The van der Waals surface area contributed by atoms with Gasteiger partial charge in [0.1, 0.15) is 13.7 Å². The fourth-order valence-corrected chi connectivity index (χ4v) is 11.7. The number of benzene rings is 1. The molecule has 2 rings (SSSR count). The number of rotatable bonds is 4. The molecule has 1 aliphatic carbocycles. The predicted octanol–water partition coefficient (Wildman–Crippen LogP) is 9.26. The number of carbonyl (C=O) groups excluding carboxylic acids is 1. The zero-order chi connectivity index (χ0) is 26.2. The van der Waals surface area contributed by atoms with Gasteiger partial charge in [0, 0.05) is 8.95 Å². The van der Waals surface area contributed by atoms with Crippen LogP contribution < -0.4 is 5.32 Å². The van der Waals surface area contributed by atoms with Crippen LogP contribution in [0.5, 0.6) is 0 Å². The number of fused-ring (bicyclic) bond motifs is 1. The van der Waals surface area contributed by atoms with Crippen molar-refractivity contribution in [3.63, 3.8) is 0 Å². The van der Waals surface area contributed by atoms with Gasteiger partial charge in [-0.1, -0.05) is 53.7 Å². The van der Waals surface area contributed by atoms with Crippen LogP contribution in [-0.4, -0.2) is 19.8 Å². The molecule has 0 unspecified atom stereocenters. The van der Waals surface area contributed by atoms with Crippen molar-refractivity contribution in [3.8, 4) is 11.5 Å². The van der Waals surface area contributed by atoms with Crippen molar-refractivity contribution in [2.45, 2.75) is 104 Å². The highest BCUT2D eigenvalue weighted by Gasteiger charge is 2.42. The van der Waals surface area contributed by atoms with E-state index in [1.54, 1.807) is 0 Å². The molecule has 6 heteroatoms.